The van der Waals surface area contributed by atoms with Crippen molar-refractivity contribution in [3.63, 3.8) is 0 Å². The van der Waals surface area contributed by atoms with Crippen molar-refractivity contribution in [2.45, 2.75) is 11.2 Å². The number of hydrogen-bond acceptors (Lipinski definition) is 4. The Kier molecular flexibility index (Phi) is 3.82. The Morgan fingerprint density at radius 2 is 2.12 bits per heavy atom. The molecule has 94 valence electrons. The molecule has 0 bridgehead atoms. The van der Waals surface area contributed by atoms with Crippen molar-refractivity contribution in [3.8, 4) is 0 Å². The molecule has 1 saturated heterocycles. The summed E-state index contributed by atoms with van der Waals surface area (Å²) >= 11 is 3.00. The Morgan fingerprint density at radius 3 is 2.71 bits per heavy atom. The molecule has 0 aliphatic carbocycles. The third kappa shape index (κ3) is 3.04. The molecule has 4 nitrogen and oxygen atoms in total. The van der Waals surface area contributed by atoms with Crippen LogP contribution in [0.25, 0.3) is 0 Å². The quantitative estimate of drug-likeness (QED) is 0.929. The van der Waals surface area contributed by atoms with E-state index in [4.69, 9.17) is 14.3 Å². The predicted octanol–water partition coefficient (Wildman–Crippen LogP) is 2.37. The normalized spacial score (nSPS) is 20.4. The largest absolute Gasteiger partial charge is 0.349 e. The Labute approximate surface area is 107 Å². The smallest absolute Gasteiger partial charge is 0.170 e. The minimum absolute atomic E-state index is 0.0366. The van der Waals surface area contributed by atoms with Crippen LogP contribution in [-0.2, 0) is 19.2 Å². The maximum Gasteiger partial charge on any atom is 0.170 e. The summed E-state index contributed by atoms with van der Waals surface area (Å²) in [7, 11) is -3.03. The number of ether oxygens (including phenoxy) is 2. The minimum Gasteiger partial charge on any atom is -0.349 e. The van der Waals surface area contributed by atoms with Crippen LogP contribution in [0.2, 0.25) is 0 Å². The fourth-order valence-electron chi connectivity index (χ4n) is 1.47. The highest BCUT2D eigenvalue weighted by molar-refractivity contribution is 9.10. The van der Waals surface area contributed by atoms with Gasteiger partial charge in [0.15, 0.2) is 6.29 Å². The van der Waals surface area contributed by atoms with Crippen LogP contribution in [-0.4, -0.2) is 29.5 Å². The molecule has 2 rings (SSSR count). The lowest BCUT2D eigenvalue weighted by molar-refractivity contribution is -0.0223. The standard InChI is InChI=1S/C10H11BrFNO3S/c11-8-5-7(1-2-9(8)12)17(13,14)6-10-15-3-4-16-10/h1-2,5,10,13H,3-4,6H2. The van der Waals surface area contributed by atoms with E-state index < -0.39 is 21.8 Å². The molecule has 1 fully saturated rings. The first-order chi connectivity index (χ1) is 7.99. The van der Waals surface area contributed by atoms with Crippen molar-refractivity contribution in [2.24, 2.45) is 0 Å². The van der Waals surface area contributed by atoms with E-state index in [1.54, 1.807) is 0 Å². The van der Waals surface area contributed by atoms with Crippen molar-refractivity contribution in [1.29, 1.82) is 4.78 Å². The maximum absolute atomic E-state index is 13.0. The molecule has 17 heavy (non-hydrogen) atoms. The summed E-state index contributed by atoms with van der Waals surface area (Å²) in [5, 5.41) is 0. The molecular weight excluding hydrogens is 313 g/mol. The molecule has 0 saturated carbocycles. The summed E-state index contributed by atoms with van der Waals surface area (Å²) < 4.78 is 43.5. The number of rotatable bonds is 3. The fourth-order valence-corrected chi connectivity index (χ4v) is 3.37. The lowest BCUT2D eigenvalue weighted by Gasteiger charge is -2.12. The first kappa shape index (κ1) is 12.9. The summed E-state index contributed by atoms with van der Waals surface area (Å²) in [6.45, 7) is 0.903. The highest BCUT2D eigenvalue weighted by Crippen LogP contribution is 2.22. The summed E-state index contributed by atoms with van der Waals surface area (Å²) in [6.07, 6.45) is -0.608. The van der Waals surface area contributed by atoms with Gasteiger partial charge in [-0.25, -0.2) is 13.4 Å². The molecule has 1 heterocycles. The third-order valence-electron chi connectivity index (χ3n) is 2.33. The van der Waals surface area contributed by atoms with E-state index in [1.807, 2.05) is 0 Å². The highest BCUT2D eigenvalue weighted by atomic mass is 79.9. The van der Waals surface area contributed by atoms with Crippen LogP contribution in [0.15, 0.2) is 27.6 Å². The number of nitrogens with one attached hydrogen (secondary N) is 1. The molecule has 1 aliphatic rings. The van der Waals surface area contributed by atoms with Crippen LogP contribution in [0.4, 0.5) is 4.39 Å². The second-order valence-corrected chi connectivity index (χ2v) is 6.60. The van der Waals surface area contributed by atoms with E-state index in [1.165, 1.54) is 18.2 Å². The summed E-state index contributed by atoms with van der Waals surface area (Å²) in [4.78, 5) is 0.268. The average molecular weight is 324 g/mol. The van der Waals surface area contributed by atoms with Gasteiger partial charge >= 0.3 is 0 Å². The van der Waals surface area contributed by atoms with Crippen molar-refractivity contribution < 1.29 is 18.1 Å². The molecule has 0 amide bonds. The van der Waals surface area contributed by atoms with Crippen LogP contribution < -0.4 is 0 Å². The minimum atomic E-state index is -3.03. The Morgan fingerprint density at radius 1 is 1.47 bits per heavy atom. The van der Waals surface area contributed by atoms with E-state index in [9.17, 15) is 8.60 Å². The van der Waals surface area contributed by atoms with Crippen LogP contribution in [0.5, 0.6) is 0 Å². The fraction of sp³-hybridized carbons (Fsp3) is 0.400. The average Bonchev–Trinajstić information content (AvgIpc) is 2.73. The van der Waals surface area contributed by atoms with Crippen molar-refractivity contribution >= 4 is 25.7 Å². The molecule has 0 aromatic heterocycles. The highest BCUT2D eigenvalue weighted by Gasteiger charge is 2.23. The zero-order valence-electron chi connectivity index (χ0n) is 8.82. The van der Waals surface area contributed by atoms with Gasteiger partial charge in [-0.1, -0.05) is 0 Å². The molecule has 1 aromatic rings. The van der Waals surface area contributed by atoms with Crippen molar-refractivity contribution in [1.82, 2.24) is 0 Å². The SMILES string of the molecule is N=S(=O)(CC1OCCO1)c1ccc(F)c(Br)c1. The van der Waals surface area contributed by atoms with Gasteiger partial charge in [0.2, 0.25) is 0 Å². The topological polar surface area (TPSA) is 59.4 Å². The zero-order valence-corrected chi connectivity index (χ0v) is 11.2. The van der Waals surface area contributed by atoms with Gasteiger partial charge in [0.1, 0.15) is 5.82 Å². The first-order valence-corrected chi connectivity index (χ1v) is 7.46. The molecular formula is C10H11BrFNO3S. The van der Waals surface area contributed by atoms with Crippen LogP contribution >= 0.6 is 15.9 Å². The van der Waals surface area contributed by atoms with E-state index in [0.29, 0.717) is 13.2 Å². The van der Waals surface area contributed by atoms with Crippen LogP contribution in [0, 0.1) is 10.6 Å². The summed E-state index contributed by atoms with van der Waals surface area (Å²) in [6, 6.07) is 3.90. The maximum atomic E-state index is 13.0. The summed E-state index contributed by atoms with van der Waals surface area (Å²) in [5.74, 6) is -0.484. The van der Waals surface area contributed by atoms with Gasteiger partial charge in [-0.05, 0) is 34.1 Å². The lowest BCUT2D eigenvalue weighted by atomic mass is 10.3. The number of halogens is 2. The lowest BCUT2D eigenvalue weighted by Crippen LogP contribution is -2.21. The molecule has 1 aliphatic heterocycles. The monoisotopic (exact) mass is 323 g/mol. The Balaban J connectivity index is 2.21. The molecule has 1 unspecified atom stereocenters. The van der Waals surface area contributed by atoms with Crippen molar-refractivity contribution in [2.75, 3.05) is 19.0 Å². The van der Waals surface area contributed by atoms with Gasteiger partial charge in [0, 0.05) is 4.90 Å². The van der Waals surface area contributed by atoms with Gasteiger partial charge in [0.25, 0.3) is 0 Å². The van der Waals surface area contributed by atoms with Gasteiger partial charge in [-0.2, -0.15) is 0 Å². The Hall–Kier alpha value is -0.500. The number of benzene rings is 1. The molecule has 1 atom stereocenters. The Bertz CT molecular complexity index is 514. The van der Waals surface area contributed by atoms with Gasteiger partial charge in [-0.3, -0.25) is 0 Å². The van der Waals surface area contributed by atoms with Gasteiger partial charge in [-0.15, -0.1) is 0 Å². The molecule has 1 aromatic carbocycles. The molecule has 7 heteroatoms. The van der Waals surface area contributed by atoms with Crippen molar-refractivity contribution in [3.05, 3.63) is 28.5 Å². The number of hydrogen-bond donors (Lipinski definition) is 1. The first-order valence-electron chi connectivity index (χ1n) is 4.94. The molecule has 1 N–H and O–H groups in total. The van der Waals surface area contributed by atoms with Gasteiger partial charge in [0.05, 0.1) is 33.2 Å². The van der Waals surface area contributed by atoms with E-state index >= 15 is 0 Å². The second kappa shape index (κ2) is 5.01. The molecule has 0 spiro atoms. The summed E-state index contributed by atoms with van der Waals surface area (Å²) in [5.41, 5.74) is 0. The van der Waals surface area contributed by atoms with Crippen LogP contribution in [0.1, 0.15) is 0 Å². The van der Waals surface area contributed by atoms with E-state index in [0.717, 1.165) is 0 Å². The zero-order chi connectivity index (χ0) is 12.5. The molecule has 0 radical (unpaired) electrons. The third-order valence-corrected chi connectivity index (χ3v) is 4.70. The second-order valence-electron chi connectivity index (χ2n) is 3.59. The predicted molar refractivity (Wildman–Crippen MR) is 63.8 cm³/mol. The van der Waals surface area contributed by atoms with E-state index in [2.05, 4.69) is 15.9 Å². The van der Waals surface area contributed by atoms with E-state index in [-0.39, 0.29) is 15.1 Å². The van der Waals surface area contributed by atoms with Gasteiger partial charge < -0.3 is 9.47 Å². The van der Waals surface area contributed by atoms with Crippen LogP contribution in [0.3, 0.4) is 0 Å².